The van der Waals surface area contributed by atoms with Crippen molar-refractivity contribution >= 4 is 57.1 Å². The van der Waals surface area contributed by atoms with E-state index in [4.69, 9.17) is 19.4 Å². The SMILES string of the molecule is C1CC2=C1CC2.COc1cc2nc(N3CCNCC3C(C)=O)nc(NC(=O)C3CCCN3C(=O)C(C)CSC(C)=O)c2cc1OC. The lowest BCUT2D eigenvalue weighted by Crippen LogP contribution is -2.55. The van der Waals surface area contributed by atoms with Crippen LogP contribution in [0.3, 0.4) is 0 Å². The second kappa shape index (κ2) is 14.8. The first-order chi connectivity index (χ1) is 22.1. The number of rotatable bonds is 9. The molecule has 2 N–H and O–H groups in total. The fraction of sp³-hybridized carbons (Fsp3) is 0.576. The molecule has 12 nitrogen and oxygen atoms in total. The van der Waals surface area contributed by atoms with Gasteiger partial charge in [-0.25, -0.2) is 4.98 Å². The Labute approximate surface area is 274 Å². The van der Waals surface area contributed by atoms with Crippen LogP contribution in [-0.2, 0) is 19.2 Å². The number of hydrogen-bond donors (Lipinski definition) is 2. The van der Waals surface area contributed by atoms with Crippen molar-refractivity contribution in [3.8, 4) is 11.5 Å². The number of nitrogens with one attached hydrogen (secondary N) is 2. The quantitative estimate of drug-likeness (QED) is 0.383. The number of thioether (sulfide) groups is 1. The molecule has 13 heteroatoms. The summed E-state index contributed by atoms with van der Waals surface area (Å²) >= 11 is 1.10. The summed E-state index contributed by atoms with van der Waals surface area (Å²) in [6.07, 6.45) is 6.97. The van der Waals surface area contributed by atoms with Crippen molar-refractivity contribution in [3.63, 3.8) is 0 Å². The van der Waals surface area contributed by atoms with Gasteiger partial charge in [0.2, 0.25) is 17.8 Å². The van der Waals surface area contributed by atoms with Crippen LogP contribution >= 0.6 is 11.8 Å². The number of fused-ring (bicyclic) bond motifs is 1. The first-order valence-corrected chi connectivity index (χ1v) is 17.0. The number of carbonyl (C=O) groups is 4. The summed E-state index contributed by atoms with van der Waals surface area (Å²) in [4.78, 5) is 63.5. The van der Waals surface area contributed by atoms with Crippen LogP contribution in [0.4, 0.5) is 11.8 Å². The lowest BCUT2D eigenvalue weighted by atomic mass is 9.74. The highest BCUT2D eigenvalue weighted by Crippen LogP contribution is 2.43. The minimum atomic E-state index is -0.671. The number of methoxy groups -OCH3 is 2. The number of piperazine rings is 1. The zero-order valence-electron chi connectivity index (χ0n) is 27.3. The van der Waals surface area contributed by atoms with Crippen molar-refractivity contribution in [3.05, 3.63) is 23.3 Å². The number of nitrogens with zero attached hydrogens (tertiary/aromatic N) is 4. The molecule has 2 saturated heterocycles. The third kappa shape index (κ3) is 7.30. The molecule has 2 aliphatic carbocycles. The molecule has 3 heterocycles. The van der Waals surface area contributed by atoms with Crippen molar-refractivity contribution in [1.82, 2.24) is 20.2 Å². The van der Waals surface area contributed by atoms with E-state index >= 15 is 0 Å². The molecule has 3 unspecified atom stereocenters. The van der Waals surface area contributed by atoms with Gasteiger partial charge in [0, 0.05) is 56.2 Å². The maximum absolute atomic E-state index is 13.6. The van der Waals surface area contributed by atoms with E-state index < -0.39 is 18.0 Å². The topological polar surface area (TPSA) is 143 Å². The van der Waals surface area contributed by atoms with Gasteiger partial charge in [0.05, 0.1) is 19.7 Å². The lowest BCUT2D eigenvalue weighted by molar-refractivity contribution is -0.139. The van der Waals surface area contributed by atoms with Gasteiger partial charge in [0.15, 0.2) is 22.4 Å². The highest BCUT2D eigenvalue weighted by Gasteiger charge is 2.37. The van der Waals surface area contributed by atoms with Gasteiger partial charge in [-0.1, -0.05) is 29.8 Å². The third-order valence-corrected chi connectivity index (χ3v) is 10.2. The van der Waals surface area contributed by atoms with Crippen LogP contribution in [0.5, 0.6) is 11.5 Å². The van der Waals surface area contributed by atoms with Crippen LogP contribution in [0.1, 0.15) is 59.3 Å². The Balaban J connectivity index is 0.000000612. The highest BCUT2D eigenvalue weighted by atomic mass is 32.2. The summed E-state index contributed by atoms with van der Waals surface area (Å²) in [6, 6.07) is 2.29. The molecule has 248 valence electrons. The Morgan fingerprint density at radius 3 is 2.26 bits per heavy atom. The number of benzene rings is 1. The molecule has 2 fully saturated rings. The Kier molecular flexibility index (Phi) is 10.8. The normalized spacial score (nSPS) is 20.9. The second-order valence-corrected chi connectivity index (χ2v) is 13.4. The predicted octanol–water partition coefficient (Wildman–Crippen LogP) is 3.73. The van der Waals surface area contributed by atoms with E-state index in [2.05, 4.69) is 10.6 Å². The van der Waals surface area contributed by atoms with Crippen molar-refractivity contribution < 1.29 is 28.7 Å². The smallest absolute Gasteiger partial charge is 0.248 e. The number of likely N-dealkylation sites (tertiary alicyclic amines) is 1. The van der Waals surface area contributed by atoms with Gasteiger partial charge < -0.3 is 29.9 Å². The Morgan fingerprint density at radius 1 is 1.00 bits per heavy atom. The van der Waals surface area contributed by atoms with Gasteiger partial charge in [-0.15, -0.1) is 0 Å². The number of ketones is 1. The van der Waals surface area contributed by atoms with E-state index in [0.29, 0.717) is 73.1 Å². The van der Waals surface area contributed by atoms with E-state index in [1.807, 2.05) is 4.90 Å². The number of aromatic nitrogens is 2. The van der Waals surface area contributed by atoms with Crippen molar-refractivity contribution in [2.75, 3.05) is 56.4 Å². The number of carbonyl (C=O) groups excluding carboxylic acids is 4. The first kappa shape index (κ1) is 33.6. The number of anilines is 2. The standard InChI is InChI=1S/C27H36N6O6S.C6H8/c1-15(14-40-17(3)35)26(37)32-9-6-7-20(32)25(36)30-24-18-11-22(38-4)23(39-5)12-19(18)29-27(31-24)33-10-8-28-13-21(33)16(2)34;1-2-6-4-3-5(1)6/h11-12,15,20-21,28H,6-10,13-14H2,1-5H3,(H,29,30,31,36);1-4H2. The monoisotopic (exact) mass is 652 g/mol. The average molecular weight is 653 g/mol. The van der Waals surface area contributed by atoms with E-state index in [1.165, 1.54) is 53.8 Å². The molecule has 0 radical (unpaired) electrons. The maximum Gasteiger partial charge on any atom is 0.248 e. The molecule has 3 atom stereocenters. The van der Waals surface area contributed by atoms with Crippen LogP contribution in [0.2, 0.25) is 0 Å². The molecule has 0 spiro atoms. The van der Waals surface area contributed by atoms with Crippen molar-refractivity contribution in [2.24, 2.45) is 5.92 Å². The summed E-state index contributed by atoms with van der Waals surface area (Å²) in [6.45, 7) is 6.86. The van der Waals surface area contributed by atoms with Crippen LogP contribution in [0.25, 0.3) is 10.9 Å². The summed E-state index contributed by atoms with van der Waals surface area (Å²) in [5.74, 6) is 0.899. The van der Waals surface area contributed by atoms with Crippen LogP contribution in [0.15, 0.2) is 23.3 Å². The molecule has 1 aromatic heterocycles. The fourth-order valence-corrected chi connectivity index (χ4v) is 6.91. The molecular weight excluding hydrogens is 608 g/mol. The lowest BCUT2D eigenvalue weighted by Gasteiger charge is -2.35. The Hall–Kier alpha value is -3.71. The van der Waals surface area contributed by atoms with E-state index in [0.717, 1.165) is 11.8 Å². The summed E-state index contributed by atoms with van der Waals surface area (Å²) in [5, 5.41) is 6.66. The fourth-order valence-electron chi connectivity index (χ4n) is 6.28. The van der Waals surface area contributed by atoms with Gasteiger partial charge in [0.25, 0.3) is 0 Å². The van der Waals surface area contributed by atoms with E-state index in [9.17, 15) is 19.2 Å². The third-order valence-electron chi connectivity index (χ3n) is 9.15. The zero-order chi connectivity index (χ0) is 33.0. The van der Waals surface area contributed by atoms with Crippen molar-refractivity contribution in [2.45, 2.75) is 71.4 Å². The van der Waals surface area contributed by atoms with Gasteiger partial charge >= 0.3 is 0 Å². The van der Waals surface area contributed by atoms with Crippen LogP contribution in [0, 0.1) is 5.92 Å². The molecule has 1 aromatic carbocycles. The number of ether oxygens (including phenoxy) is 2. The molecule has 0 bridgehead atoms. The van der Waals surface area contributed by atoms with Gasteiger partial charge in [-0.3, -0.25) is 19.2 Å². The molecule has 2 aromatic rings. The molecule has 6 rings (SSSR count). The van der Waals surface area contributed by atoms with Gasteiger partial charge in [-0.2, -0.15) is 4.98 Å². The highest BCUT2D eigenvalue weighted by molar-refractivity contribution is 8.13. The van der Waals surface area contributed by atoms with E-state index in [-0.39, 0.29) is 28.5 Å². The second-order valence-electron chi connectivity index (χ2n) is 12.2. The predicted molar refractivity (Wildman–Crippen MR) is 178 cm³/mol. The molecule has 2 aliphatic heterocycles. The van der Waals surface area contributed by atoms with Crippen LogP contribution < -0.4 is 25.0 Å². The summed E-state index contributed by atoms with van der Waals surface area (Å²) < 4.78 is 10.9. The molecule has 2 amide bonds. The van der Waals surface area contributed by atoms with E-state index in [1.54, 1.807) is 35.1 Å². The molecule has 46 heavy (non-hydrogen) atoms. The number of hydrogen-bond acceptors (Lipinski definition) is 11. The Morgan fingerprint density at radius 2 is 1.67 bits per heavy atom. The zero-order valence-corrected chi connectivity index (χ0v) is 28.1. The minimum absolute atomic E-state index is 0.0223. The number of allylic oxidation sites excluding steroid dienone is 2. The van der Waals surface area contributed by atoms with Gasteiger partial charge in [-0.05, 0) is 51.5 Å². The first-order valence-electron chi connectivity index (χ1n) is 16.0. The largest absolute Gasteiger partial charge is 0.493 e. The summed E-state index contributed by atoms with van der Waals surface area (Å²) in [5.41, 5.74) is 4.08. The minimum Gasteiger partial charge on any atom is -0.493 e. The molecular formula is C33H44N6O6S. The number of amides is 2. The maximum atomic E-state index is 13.6. The Bertz CT molecular complexity index is 1520. The molecule has 0 saturated carbocycles. The molecule has 4 aliphatic rings. The van der Waals surface area contributed by atoms with Gasteiger partial charge in [0.1, 0.15) is 17.9 Å². The number of Topliss-reactive ketones (excluding diaryl/α,β-unsaturated/α-hetero) is 1. The average Bonchev–Trinajstić information content (AvgIpc) is 3.54. The van der Waals surface area contributed by atoms with Crippen LogP contribution in [-0.4, -0.2) is 95.8 Å². The van der Waals surface area contributed by atoms with Crippen molar-refractivity contribution in [1.29, 1.82) is 0 Å². The summed E-state index contributed by atoms with van der Waals surface area (Å²) in [7, 11) is 3.04.